The first-order valence-electron chi connectivity index (χ1n) is 4.19. The molecule has 74 valence electrons. The monoisotopic (exact) mass is 191 g/mol. The fourth-order valence-corrected chi connectivity index (χ4v) is 1.06. The second-order valence-corrected chi connectivity index (χ2v) is 2.83. The average molecular weight is 191 g/mol. The predicted octanol–water partition coefficient (Wildman–Crippen LogP) is 0.596. The van der Waals surface area contributed by atoms with E-state index in [1.807, 2.05) is 24.3 Å². The van der Waals surface area contributed by atoms with E-state index >= 15 is 0 Å². The minimum absolute atomic E-state index is 0.560. The topological polar surface area (TPSA) is 49.4 Å². The Balaban J connectivity index is 2.68. The third kappa shape index (κ3) is 3.41. The van der Waals surface area contributed by atoms with Crippen molar-refractivity contribution in [3.8, 4) is 0 Å². The molecule has 0 aliphatic carbocycles. The van der Waals surface area contributed by atoms with Crippen LogP contribution >= 0.6 is 0 Å². The summed E-state index contributed by atoms with van der Waals surface area (Å²) in [6.45, 7) is 0.560. The number of carboxylic acid groups (broad SMARTS) is 1. The van der Waals surface area contributed by atoms with Gasteiger partial charge < -0.3 is 14.6 Å². The van der Waals surface area contributed by atoms with Gasteiger partial charge in [0.15, 0.2) is 0 Å². The van der Waals surface area contributed by atoms with Crippen LogP contribution in [0.1, 0.15) is 11.1 Å². The van der Waals surface area contributed by atoms with Crippen LogP contribution in [-0.4, -0.2) is 13.1 Å². The molecule has 0 radical (unpaired) electrons. The number of rotatable bonds is 4. The van der Waals surface area contributed by atoms with E-state index in [4.69, 9.17) is 4.74 Å². The molecule has 1 aromatic carbocycles. The summed E-state index contributed by atoms with van der Waals surface area (Å²) in [6, 6.07) is 7.43. The number of methoxy groups -OCH3 is 1. The average Bonchev–Trinajstić information content (AvgIpc) is 2.17. The predicted molar refractivity (Wildman–Crippen MR) is 51.2 cm³/mol. The van der Waals surface area contributed by atoms with Gasteiger partial charge in [-0.1, -0.05) is 30.3 Å². The van der Waals surface area contributed by atoms with Crippen LogP contribution in [0.4, 0.5) is 0 Å². The van der Waals surface area contributed by atoms with Crippen LogP contribution in [0, 0.1) is 0 Å². The lowest BCUT2D eigenvalue weighted by Crippen LogP contribution is -2.18. The number of benzene rings is 1. The Morgan fingerprint density at radius 1 is 1.43 bits per heavy atom. The van der Waals surface area contributed by atoms with Crippen LogP contribution in [0.5, 0.6) is 0 Å². The molecule has 0 fully saturated rings. The maximum atomic E-state index is 10.1. The molecule has 0 spiro atoms. The van der Waals surface area contributed by atoms with Crippen molar-refractivity contribution in [1.82, 2.24) is 0 Å². The highest BCUT2D eigenvalue weighted by atomic mass is 16.5. The van der Waals surface area contributed by atoms with E-state index < -0.39 is 5.97 Å². The maximum Gasteiger partial charge on any atom is 0.0713 e. The van der Waals surface area contributed by atoms with Crippen LogP contribution in [0.2, 0.25) is 0 Å². The van der Waals surface area contributed by atoms with Gasteiger partial charge in [-0.3, -0.25) is 0 Å². The van der Waals surface area contributed by atoms with Gasteiger partial charge in [-0.15, -0.1) is 0 Å². The van der Waals surface area contributed by atoms with Crippen LogP contribution in [0.25, 0.3) is 6.08 Å². The minimum Gasteiger partial charge on any atom is -0.545 e. The summed E-state index contributed by atoms with van der Waals surface area (Å²) in [5, 5.41) is 10.1. The Morgan fingerprint density at radius 3 is 2.57 bits per heavy atom. The third-order valence-electron chi connectivity index (χ3n) is 1.70. The number of hydrogen-bond donors (Lipinski definition) is 0. The van der Waals surface area contributed by atoms with Crippen molar-refractivity contribution in [3.05, 3.63) is 41.5 Å². The summed E-state index contributed by atoms with van der Waals surface area (Å²) in [6.07, 6.45) is 2.50. The molecule has 14 heavy (non-hydrogen) atoms. The molecule has 0 aliphatic heterocycles. The van der Waals surface area contributed by atoms with Crippen molar-refractivity contribution in [2.75, 3.05) is 7.11 Å². The second kappa shape index (κ2) is 5.19. The highest BCUT2D eigenvalue weighted by Crippen LogP contribution is 2.06. The SMILES string of the molecule is COCc1ccc(/C=C/C(=O)[O-])cc1. The number of ether oxygens (including phenoxy) is 1. The lowest BCUT2D eigenvalue weighted by molar-refractivity contribution is -0.297. The molecule has 0 N–H and O–H groups in total. The van der Waals surface area contributed by atoms with Gasteiger partial charge in [0.25, 0.3) is 0 Å². The molecule has 0 saturated carbocycles. The Kier molecular flexibility index (Phi) is 3.88. The normalized spacial score (nSPS) is 10.6. The molecule has 3 nitrogen and oxygen atoms in total. The highest BCUT2D eigenvalue weighted by Gasteiger charge is 1.90. The molecule has 0 heterocycles. The molecule has 0 saturated heterocycles. The number of aliphatic carboxylic acids is 1. The Morgan fingerprint density at radius 2 is 2.07 bits per heavy atom. The van der Waals surface area contributed by atoms with E-state index in [0.29, 0.717) is 6.61 Å². The number of carbonyl (C=O) groups excluding carboxylic acids is 1. The third-order valence-corrected chi connectivity index (χ3v) is 1.70. The van der Waals surface area contributed by atoms with Crippen LogP contribution < -0.4 is 5.11 Å². The zero-order valence-electron chi connectivity index (χ0n) is 7.90. The summed E-state index contributed by atoms with van der Waals surface area (Å²) in [5.74, 6) is -1.19. The molecule has 0 amide bonds. The van der Waals surface area contributed by atoms with Gasteiger partial charge in [0.1, 0.15) is 0 Å². The largest absolute Gasteiger partial charge is 0.545 e. The zero-order valence-corrected chi connectivity index (χ0v) is 7.90. The van der Waals surface area contributed by atoms with Gasteiger partial charge in [-0.2, -0.15) is 0 Å². The quantitative estimate of drug-likeness (QED) is 0.655. The minimum atomic E-state index is -1.19. The summed E-state index contributed by atoms with van der Waals surface area (Å²) in [5.41, 5.74) is 1.88. The maximum absolute atomic E-state index is 10.1. The summed E-state index contributed by atoms with van der Waals surface area (Å²) in [4.78, 5) is 10.1. The molecule has 0 aliphatic rings. The van der Waals surface area contributed by atoms with Crippen LogP contribution in [0.15, 0.2) is 30.3 Å². The standard InChI is InChI=1S/C11H12O3/c1-14-8-10-4-2-9(3-5-10)6-7-11(12)13/h2-7H,8H2,1H3,(H,12,13)/p-1/b7-6+. The van der Waals surface area contributed by atoms with Gasteiger partial charge in [0.05, 0.1) is 12.6 Å². The summed E-state index contributed by atoms with van der Waals surface area (Å²) in [7, 11) is 1.63. The Bertz CT molecular complexity index is 325. The van der Waals surface area contributed by atoms with Crippen molar-refractivity contribution in [2.24, 2.45) is 0 Å². The van der Waals surface area contributed by atoms with E-state index in [1.165, 1.54) is 6.08 Å². The van der Waals surface area contributed by atoms with Gasteiger partial charge in [0.2, 0.25) is 0 Å². The number of carbonyl (C=O) groups is 1. The van der Waals surface area contributed by atoms with E-state index in [2.05, 4.69) is 0 Å². The lowest BCUT2D eigenvalue weighted by atomic mass is 10.1. The first-order chi connectivity index (χ1) is 6.72. The summed E-state index contributed by atoms with van der Waals surface area (Å²) < 4.78 is 4.94. The number of carboxylic acids is 1. The van der Waals surface area contributed by atoms with Crippen molar-refractivity contribution in [3.63, 3.8) is 0 Å². The molecule has 1 aromatic rings. The van der Waals surface area contributed by atoms with Gasteiger partial charge >= 0.3 is 0 Å². The van der Waals surface area contributed by atoms with Gasteiger partial charge in [0, 0.05) is 7.11 Å². The second-order valence-electron chi connectivity index (χ2n) is 2.83. The molecule has 0 unspecified atom stereocenters. The highest BCUT2D eigenvalue weighted by molar-refractivity contribution is 5.83. The van der Waals surface area contributed by atoms with Crippen molar-refractivity contribution in [2.45, 2.75) is 6.61 Å². The van der Waals surface area contributed by atoms with Crippen LogP contribution in [0.3, 0.4) is 0 Å². The Labute approximate surface area is 82.6 Å². The summed E-state index contributed by atoms with van der Waals surface area (Å²) >= 11 is 0. The fourth-order valence-electron chi connectivity index (χ4n) is 1.06. The van der Waals surface area contributed by atoms with E-state index in [0.717, 1.165) is 17.2 Å². The molecular formula is C11H11O3-. The fraction of sp³-hybridized carbons (Fsp3) is 0.182. The molecule has 0 bridgehead atoms. The Hall–Kier alpha value is -1.61. The first kappa shape index (κ1) is 10.5. The number of hydrogen-bond acceptors (Lipinski definition) is 3. The molecule has 0 atom stereocenters. The molecular weight excluding hydrogens is 180 g/mol. The van der Waals surface area contributed by atoms with E-state index in [9.17, 15) is 9.90 Å². The van der Waals surface area contributed by atoms with Gasteiger partial charge in [-0.05, 0) is 17.2 Å². The molecule has 0 aromatic heterocycles. The van der Waals surface area contributed by atoms with Crippen molar-refractivity contribution in [1.29, 1.82) is 0 Å². The van der Waals surface area contributed by atoms with Crippen LogP contribution in [-0.2, 0) is 16.1 Å². The molecule has 3 heteroatoms. The van der Waals surface area contributed by atoms with E-state index in [1.54, 1.807) is 7.11 Å². The van der Waals surface area contributed by atoms with E-state index in [-0.39, 0.29) is 0 Å². The smallest absolute Gasteiger partial charge is 0.0713 e. The first-order valence-corrected chi connectivity index (χ1v) is 4.19. The zero-order chi connectivity index (χ0) is 10.4. The lowest BCUT2D eigenvalue weighted by Gasteiger charge is -1.99. The molecule has 1 rings (SSSR count). The van der Waals surface area contributed by atoms with Crippen molar-refractivity contribution < 1.29 is 14.6 Å². The van der Waals surface area contributed by atoms with Gasteiger partial charge in [-0.25, -0.2) is 0 Å². The van der Waals surface area contributed by atoms with Crippen molar-refractivity contribution >= 4 is 12.0 Å².